The van der Waals surface area contributed by atoms with Crippen molar-refractivity contribution in [3.63, 3.8) is 0 Å². The molecule has 36 heavy (non-hydrogen) atoms. The Labute approximate surface area is 207 Å². The fourth-order valence-electron chi connectivity index (χ4n) is 7.28. The molecule has 1 nitrogen and oxygen atoms in total. The Morgan fingerprint density at radius 1 is 0.500 bits per heavy atom. The molecule has 0 fully saturated rings. The van der Waals surface area contributed by atoms with Crippen LogP contribution in [0.15, 0.2) is 109 Å². The fourth-order valence-corrected chi connectivity index (χ4v) is 7.28. The minimum absolute atomic E-state index is 0.559. The molecule has 0 amide bonds. The van der Waals surface area contributed by atoms with E-state index in [4.69, 9.17) is 0 Å². The molecule has 10 rings (SSSR count). The molecule has 0 spiro atoms. The van der Waals surface area contributed by atoms with Crippen molar-refractivity contribution in [3.8, 4) is 22.3 Å². The van der Waals surface area contributed by atoms with E-state index < -0.39 is 0 Å². The summed E-state index contributed by atoms with van der Waals surface area (Å²) in [5.74, 6) is 0.559. The molecule has 2 aliphatic rings. The monoisotopic (exact) mass is 453 g/mol. The van der Waals surface area contributed by atoms with Crippen molar-refractivity contribution in [1.82, 2.24) is 4.40 Å². The Morgan fingerprint density at radius 3 is 2.33 bits per heavy atom. The van der Waals surface area contributed by atoms with Gasteiger partial charge in [0.05, 0.1) is 16.6 Å². The first-order valence-electron chi connectivity index (χ1n) is 12.7. The summed E-state index contributed by atoms with van der Waals surface area (Å²) in [4.78, 5) is 0. The van der Waals surface area contributed by atoms with Crippen molar-refractivity contribution in [2.75, 3.05) is 0 Å². The van der Waals surface area contributed by atoms with E-state index in [2.05, 4.69) is 114 Å². The van der Waals surface area contributed by atoms with Gasteiger partial charge in [0.1, 0.15) is 0 Å². The van der Waals surface area contributed by atoms with E-state index in [1.807, 2.05) is 0 Å². The molecule has 8 aromatic rings. The summed E-state index contributed by atoms with van der Waals surface area (Å²) in [6.45, 7) is 0. The zero-order chi connectivity index (χ0) is 23.1. The van der Waals surface area contributed by atoms with Crippen molar-refractivity contribution in [3.05, 3.63) is 126 Å². The number of hydrogen-bond acceptors (Lipinski definition) is 0. The van der Waals surface area contributed by atoms with E-state index in [0.29, 0.717) is 5.92 Å². The molecule has 0 aliphatic heterocycles. The highest BCUT2D eigenvalue weighted by Crippen LogP contribution is 2.61. The highest BCUT2D eigenvalue weighted by Gasteiger charge is 2.43. The van der Waals surface area contributed by atoms with Crippen molar-refractivity contribution in [2.24, 2.45) is 0 Å². The summed E-state index contributed by atoms with van der Waals surface area (Å²) in [7, 11) is 0. The molecule has 0 radical (unpaired) electrons. The third-order valence-electron chi connectivity index (χ3n) is 8.85. The van der Waals surface area contributed by atoms with Gasteiger partial charge in [0.2, 0.25) is 0 Å². The summed E-state index contributed by atoms with van der Waals surface area (Å²) >= 11 is 0. The van der Waals surface area contributed by atoms with Crippen molar-refractivity contribution in [2.45, 2.75) is 5.92 Å². The lowest BCUT2D eigenvalue weighted by Crippen LogP contribution is -1.92. The van der Waals surface area contributed by atoms with E-state index in [1.54, 1.807) is 5.56 Å². The normalized spacial score (nSPS) is 15.5. The topological polar surface area (TPSA) is 4.41 Å². The highest BCUT2D eigenvalue weighted by molar-refractivity contribution is 6.28. The lowest BCUT2D eigenvalue weighted by Gasteiger charge is -2.12. The number of benzene rings is 6. The smallest absolute Gasteiger partial charge is 0.0625 e. The maximum absolute atomic E-state index is 2.49. The van der Waals surface area contributed by atoms with Crippen LogP contribution < -0.4 is 0 Å². The van der Waals surface area contributed by atoms with Crippen LogP contribution >= 0.6 is 0 Å². The molecule has 0 saturated heterocycles. The second-order valence-corrected chi connectivity index (χ2v) is 10.5. The zero-order valence-corrected chi connectivity index (χ0v) is 19.4. The van der Waals surface area contributed by atoms with Gasteiger partial charge >= 0.3 is 0 Å². The summed E-state index contributed by atoms with van der Waals surface area (Å²) in [6, 6.07) is 41.1. The fraction of sp³-hybridized carbons (Fsp3) is 0.0286. The van der Waals surface area contributed by atoms with Gasteiger partial charge in [0.25, 0.3) is 0 Å². The predicted molar refractivity (Wildman–Crippen MR) is 150 cm³/mol. The number of para-hydroxylation sites is 1. The Hall–Kier alpha value is -4.62. The third kappa shape index (κ3) is 1.91. The van der Waals surface area contributed by atoms with Crippen LogP contribution in [0.1, 0.15) is 22.6 Å². The van der Waals surface area contributed by atoms with E-state index in [9.17, 15) is 0 Å². The minimum atomic E-state index is 0.559. The van der Waals surface area contributed by atoms with Gasteiger partial charge in [-0.05, 0) is 74.0 Å². The molecular weight excluding hydrogens is 434 g/mol. The quantitative estimate of drug-likeness (QED) is 0.172. The Morgan fingerprint density at radius 2 is 1.33 bits per heavy atom. The van der Waals surface area contributed by atoms with Crippen molar-refractivity contribution >= 4 is 48.9 Å². The zero-order valence-electron chi connectivity index (χ0n) is 19.4. The summed E-state index contributed by atoms with van der Waals surface area (Å²) in [5, 5.41) is 7.97. The summed E-state index contributed by atoms with van der Waals surface area (Å²) < 4.78 is 2.49. The van der Waals surface area contributed by atoms with E-state index in [1.165, 1.54) is 82.2 Å². The lowest BCUT2D eigenvalue weighted by molar-refractivity contribution is 1.24. The summed E-state index contributed by atoms with van der Waals surface area (Å²) in [6.07, 6.45) is 0. The number of rotatable bonds is 1. The van der Waals surface area contributed by atoms with Crippen LogP contribution in [0.4, 0.5) is 0 Å². The molecule has 1 heteroatoms. The average molecular weight is 454 g/mol. The van der Waals surface area contributed by atoms with Gasteiger partial charge in [-0.2, -0.15) is 0 Å². The number of pyridine rings is 1. The number of hydrogen-bond donors (Lipinski definition) is 0. The number of nitrogens with zero attached hydrogens (tertiary/aromatic N) is 1. The van der Waals surface area contributed by atoms with Gasteiger partial charge in [-0.1, -0.05) is 84.9 Å². The second-order valence-electron chi connectivity index (χ2n) is 10.5. The second kappa shape index (κ2) is 5.78. The molecule has 1 atom stereocenters. The van der Waals surface area contributed by atoms with Crippen LogP contribution in [0.5, 0.6) is 0 Å². The van der Waals surface area contributed by atoms with Crippen LogP contribution in [0.2, 0.25) is 0 Å². The maximum Gasteiger partial charge on any atom is 0.0625 e. The van der Waals surface area contributed by atoms with E-state index >= 15 is 0 Å². The van der Waals surface area contributed by atoms with Gasteiger partial charge < -0.3 is 4.40 Å². The van der Waals surface area contributed by atoms with Crippen LogP contribution in [-0.4, -0.2) is 4.40 Å². The lowest BCUT2D eigenvalue weighted by atomic mass is 9.94. The molecular formula is C35H19N. The van der Waals surface area contributed by atoms with E-state index in [0.717, 1.165) is 0 Å². The largest absolute Gasteiger partial charge is 0.308 e. The van der Waals surface area contributed by atoms with Gasteiger partial charge in [-0.15, -0.1) is 0 Å². The van der Waals surface area contributed by atoms with Gasteiger partial charge in [0, 0.05) is 27.5 Å². The van der Waals surface area contributed by atoms with Crippen LogP contribution in [0.3, 0.4) is 0 Å². The van der Waals surface area contributed by atoms with Crippen LogP contribution in [0.25, 0.3) is 71.1 Å². The van der Waals surface area contributed by atoms with Crippen LogP contribution in [0, 0.1) is 0 Å². The highest BCUT2D eigenvalue weighted by atomic mass is 14.9. The molecule has 6 aromatic carbocycles. The van der Waals surface area contributed by atoms with Crippen molar-refractivity contribution < 1.29 is 0 Å². The Kier molecular flexibility index (Phi) is 2.85. The number of fused-ring (bicyclic) bond motifs is 10. The van der Waals surface area contributed by atoms with Gasteiger partial charge in [-0.25, -0.2) is 0 Å². The maximum atomic E-state index is 2.49. The van der Waals surface area contributed by atoms with Gasteiger partial charge in [-0.3, -0.25) is 0 Å². The minimum Gasteiger partial charge on any atom is -0.308 e. The van der Waals surface area contributed by atoms with E-state index in [-0.39, 0.29) is 0 Å². The molecule has 0 bridgehead atoms. The third-order valence-corrected chi connectivity index (χ3v) is 8.85. The Bertz CT molecular complexity index is 2250. The predicted octanol–water partition coefficient (Wildman–Crippen LogP) is 9.13. The first-order chi connectivity index (χ1) is 17.9. The molecule has 2 heterocycles. The molecule has 164 valence electrons. The standard InChI is InChI=1S/C35H19N/c1-2-10-30-22(6-1)23-7-3-5-19-11-15-26-29-18-21(13-16-31(29)36(30)35(26)32(19)23)20-12-14-25-28(17-20)24-8-4-9-27-33(24)34(25)27/h1-18,34H. The molecule has 2 aromatic heterocycles. The SMILES string of the molecule is c1cc2c3c(c1)C3c1ccc(-c3ccc4c(c3)c3ccc5cccc6c7ccccc7n4c3c56)cc1-2. The Balaban J connectivity index is 1.30. The van der Waals surface area contributed by atoms with Crippen LogP contribution in [-0.2, 0) is 0 Å². The average Bonchev–Trinajstić information content (AvgIpc) is 3.44. The molecule has 1 unspecified atom stereocenters. The molecule has 2 aliphatic carbocycles. The summed E-state index contributed by atoms with van der Waals surface area (Å²) in [5.41, 5.74) is 13.9. The molecule has 0 N–H and O–H groups in total. The molecule has 0 saturated carbocycles. The first-order valence-corrected chi connectivity index (χ1v) is 12.7. The van der Waals surface area contributed by atoms with Crippen molar-refractivity contribution in [1.29, 1.82) is 0 Å². The van der Waals surface area contributed by atoms with Gasteiger partial charge in [0.15, 0.2) is 0 Å². The number of aromatic nitrogens is 1. The first kappa shape index (κ1) is 17.8.